The topological polar surface area (TPSA) is 112 Å². The van der Waals surface area contributed by atoms with Crippen molar-refractivity contribution in [3.05, 3.63) is 76.2 Å². The summed E-state index contributed by atoms with van der Waals surface area (Å²) in [5.41, 5.74) is -2.51. The van der Waals surface area contributed by atoms with Crippen LogP contribution in [0.3, 0.4) is 0 Å². The van der Waals surface area contributed by atoms with Crippen molar-refractivity contribution in [2.45, 2.75) is 44.2 Å². The first-order chi connectivity index (χ1) is 18.9. The van der Waals surface area contributed by atoms with Crippen LogP contribution in [0.15, 0.2) is 42.7 Å². The molecule has 1 saturated heterocycles. The van der Waals surface area contributed by atoms with Gasteiger partial charge < -0.3 is 15.3 Å². The molecule has 4 heterocycles. The van der Waals surface area contributed by atoms with E-state index in [2.05, 4.69) is 20.3 Å². The van der Waals surface area contributed by atoms with E-state index in [9.17, 15) is 19.1 Å². The molecular weight excluding hydrogens is 542 g/mol. The van der Waals surface area contributed by atoms with Crippen LogP contribution in [0.25, 0.3) is 0 Å². The lowest BCUT2D eigenvalue weighted by molar-refractivity contribution is -0.148. The SMILES string of the molecule is CC1(c2cccc(Cl)c2F)CN(c2ncccc2F)C(=O)c2cnc(NC3CN(C(=O)[C@@]4(O)CC4(C)C)C3)nc21. The number of carbonyl (C=O) groups is 2. The fourth-order valence-electron chi connectivity index (χ4n) is 5.67. The Morgan fingerprint density at radius 1 is 1.15 bits per heavy atom. The third-order valence-corrected chi connectivity index (χ3v) is 8.64. The molecule has 12 heteroatoms. The maximum atomic E-state index is 15.4. The van der Waals surface area contributed by atoms with Gasteiger partial charge >= 0.3 is 0 Å². The molecule has 1 aliphatic carbocycles. The van der Waals surface area contributed by atoms with Gasteiger partial charge in [0.2, 0.25) is 5.95 Å². The molecule has 2 fully saturated rings. The molecule has 2 atom stereocenters. The summed E-state index contributed by atoms with van der Waals surface area (Å²) in [7, 11) is 0. The van der Waals surface area contributed by atoms with Gasteiger partial charge in [0.1, 0.15) is 11.4 Å². The van der Waals surface area contributed by atoms with Gasteiger partial charge in [-0.2, -0.15) is 0 Å². The standard InChI is InChI=1S/C28H27ClF2N6O3/c1-26(2)13-28(26,40)24(39)36-11-15(12-36)34-25-33-10-16-21(35-25)27(3,17-6-4-7-18(29)20(17)31)14-37(23(16)38)22-19(30)8-5-9-32-22/h4-10,15,40H,11-14H2,1-3H3,(H,33,34,35)/t27?,28-/m0/s1. The van der Waals surface area contributed by atoms with Gasteiger partial charge in [0, 0.05) is 43.0 Å². The highest BCUT2D eigenvalue weighted by molar-refractivity contribution is 6.30. The number of nitrogens with one attached hydrogen (secondary N) is 1. The Morgan fingerprint density at radius 3 is 2.55 bits per heavy atom. The molecule has 3 aromatic rings. The number of likely N-dealkylation sites (tertiary alicyclic amines) is 1. The van der Waals surface area contributed by atoms with Crippen LogP contribution < -0.4 is 10.2 Å². The fraction of sp³-hybridized carbons (Fsp3) is 0.393. The fourth-order valence-corrected chi connectivity index (χ4v) is 5.84. The average molecular weight is 569 g/mol. The van der Waals surface area contributed by atoms with Crippen LogP contribution in [-0.4, -0.2) is 68.0 Å². The minimum atomic E-state index is -1.33. The predicted molar refractivity (Wildman–Crippen MR) is 143 cm³/mol. The number of hydrogen-bond donors (Lipinski definition) is 2. The monoisotopic (exact) mass is 568 g/mol. The highest BCUT2D eigenvalue weighted by atomic mass is 35.5. The van der Waals surface area contributed by atoms with Crippen molar-refractivity contribution < 1.29 is 23.5 Å². The van der Waals surface area contributed by atoms with E-state index < -0.39 is 34.0 Å². The van der Waals surface area contributed by atoms with E-state index in [0.717, 1.165) is 4.90 Å². The summed E-state index contributed by atoms with van der Waals surface area (Å²) < 4.78 is 30.2. The van der Waals surface area contributed by atoms with Crippen LogP contribution in [0.5, 0.6) is 0 Å². The molecule has 1 unspecified atom stereocenters. The highest BCUT2D eigenvalue weighted by Gasteiger charge is 2.67. The van der Waals surface area contributed by atoms with Gasteiger partial charge in [-0.05, 0) is 31.5 Å². The second-order valence-corrected chi connectivity index (χ2v) is 12.0. The smallest absolute Gasteiger partial charge is 0.263 e. The molecule has 2 aromatic heterocycles. The van der Waals surface area contributed by atoms with Crippen molar-refractivity contribution in [2.75, 3.05) is 29.9 Å². The third kappa shape index (κ3) is 3.94. The van der Waals surface area contributed by atoms with Crippen LogP contribution in [0.1, 0.15) is 48.8 Å². The number of aromatic nitrogens is 3. The van der Waals surface area contributed by atoms with Gasteiger partial charge in [0.25, 0.3) is 11.8 Å². The maximum absolute atomic E-state index is 15.4. The summed E-state index contributed by atoms with van der Waals surface area (Å²) in [5.74, 6) is -2.22. The van der Waals surface area contributed by atoms with E-state index >= 15 is 4.39 Å². The van der Waals surface area contributed by atoms with E-state index in [-0.39, 0.29) is 52.1 Å². The molecule has 0 spiro atoms. The number of amides is 2. The molecule has 40 heavy (non-hydrogen) atoms. The van der Waals surface area contributed by atoms with Crippen molar-refractivity contribution >= 4 is 35.2 Å². The number of nitrogens with zero attached hydrogens (tertiary/aromatic N) is 5. The number of pyridine rings is 1. The zero-order chi connectivity index (χ0) is 28.6. The Labute approximate surface area is 234 Å². The maximum Gasteiger partial charge on any atom is 0.263 e. The van der Waals surface area contributed by atoms with Gasteiger partial charge in [0.15, 0.2) is 11.6 Å². The lowest BCUT2D eigenvalue weighted by atomic mass is 9.74. The predicted octanol–water partition coefficient (Wildman–Crippen LogP) is 3.55. The normalized spacial score (nSPS) is 25.3. The van der Waals surface area contributed by atoms with Gasteiger partial charge in [-0.3, -0.25) is 14.5 Å². The first kappa shape index (κ1) is 26.5. The molecule has 6 rings (SSSR count). The summed E-state index contributed by atoms with van der Waals surface area (Å²) >= 11 is 6.13. The number of aliphatic hydroxyl groups is 1. The van der Waals surface area contributed by atoms with Crippen molar-refractivity contribution in [2.24, 2.45) is 5.41 Å². The summed E-state index contributed by atoms with van der Waals surface area (Å²) in [5, 5.41) is 13.7. The Morgan fingerprint density at radius 2 is 1.88 bits per heavy atom. The molecular formula is C28H27ClF2N6O3. The average Bonchev–Trinajstić information content (AvgIpc) is 3.43. The molecule has 2 N–H and O–H groups in total. The largest absolute Gasteiger partial charge is 0.379 e. The van der Waals surface area contributed by atoms with Crippen molar-refractivity contribution in [1.29, 1.82) is 0 Å². The van der Waals surface area contributed by atoms with Gasteiger partial charge in [0.05, 0.1) is 27.7 Å². The van der Waals surface area contributed by atoms with Crippen LogP contribution >= 0.6 is 11.6 Å². The van der Waals surface area contributed by atoms with Crippen LogP contribution in [-0.2, 0) is 10.2 Å². The number of halogens is 3. The van der Waals surface area contributed by atoms with Crippen molar-refractivity contribution in [3.63, 3.8) is 0 Å². The summed E-state index contributed by atoms with van der Waals surface area (Å²) in [6.45, 7) is 5.96. The van der Waals surface area contributed by atoms with Crippen LogP contribution in [0.2, 0.25) is 5.02 Å². The molecule has 1 aromatic carbocycles. The quantitative estimate of drug-likeness (QED) is 0.484. The minimum absolute atomic E-state index is 0.0762. The van der Waals surface area contributed by atoms with Crippen LogP contribution in [0.4, 0.5) is 20.5 Å². The minimum Gasteiger partial charge on any atom is -0.379 e. The number of fused-ring (bicyclic) bond motifs is 1. The second-order valence-electron chi connectivity index (χ2n) is 11.6. The van der Waals surface area contributed by atoms with E-state index in [1.807, 2.05) is 13.8 Å². The van der Waals surface area contributed by atoms with E-state index in [4.69, 9.17) is 11.6 Å². The molecule has 0 bridgehead atoms. The van der Waals surface area contributed by atoms with E-state index in [0.29, 0.717) is 19.5 Å². The van der Waals surface area contributed by atoms with E-state index in [1.165, 1.54) is 30.6 Å². The summed E-state index contributed by atoms with van der Waals surface area (Å²) in [6, 6.07) is 7.01. The summed E-state index contributed by atoms with van der Waals surface area (Å²) in [4.78, 5) is 42.0. The number of carbonyl (C=O) groups excluding carboxylic acids is 2. The Balaban J connectivity index is 1.33. The Bertz CT molecular complexity index is 1560. The number of benzene rings is 1. The van der Waals surface area contributed by atoms with Gasteiger partial charge in [-0.25, -0.2) is 23.7 Å². The third-order valence-electron chi connectivity index (χ3n) is 8.35. The van der Waals surface area contributed by atoms with E-state index in [1.54, 1.807) is 24.0 Å². The molecule has 1 saturated carbocycles. The van der Waals surface area contributed by atoms with Crippen LogP contribution in [0, 0.1) is 17.0 Å². The zero-order valence-corrected chi connectivity index (χ0v) is 22.8. The summed E-state index contributed by atoms with van der Waals surface area (Å²) in [6.07, 6.45) is 3.13. The first-order valence-electron chi connectivity index (χ1n) is 12.9. The lowest BCUT2D eigenvalue weighted by Crippen LogP contribution is -2.60. The first-order valence-corrected chi connectivity index (χ1v) is 13.3. The number of rotatable bonds is 5. The Kier molecular flexibility index (Phi) is 5.90. The molecule has 9 nitrogen and oxygen atoms in total. The molecule has 3 aliphatic rings. The molecule has 0 radical (unpaired) electrons. The lowest BCUT2D eigenvalue weighted by Gasteiger charge is -2.42. The van der Waals surface area contributed by atoms with Gasteiger partial charge in [-0.15, -0.1) is 0 Å². The van der Waals surface area contributed by atoms with Gasteiger partial charge in [-0.1, -0.05) is 37.6 Å². The van der Waals surface area contributed by atoms with Crippen molar-refractivity contribution in [1.82, 2.24) is 19.9 Å². The zero-order valence-electron chi connectivity index (χ0n) is 22.1. The number of anilines is 2. The highest BCUT2D eigenvalue weighted by Crippen LogP contribution is 2.56. The molecule has 2 aliphatic heterocycles. The number of hydrogen-bond acceptors (Lipinski definition) is 7. The van der Waals surface area contributed by atoms with Crippen molar-refractivity contribution in [3.8, 4) is 0 Å². The molecule has 208 valence electrons. The Hall–Kier alpha value is -3.70. The molecule has 2 amide bonds. The second kappa shape index (κ2) is 8.90.